The third-order valence-electron chi connectivity index (χ3n) is 2.71. The molecule has 1 aromatic carbocycles. The summed E-state index contributed by atoms with van der Waals surface area (Å²) in [5.74, 6) is -0.0697. The Hall–Kier alpha value is -1.36. The van der Waals surface area contributed by atoms with Crippen molar-refractivity contribution in [3.05, 3.63) is 23.8 Å². The highest BCUT2D eigenvalue weighted by molar-refractivity contribution is 5.59. The van der Waals surface area contributed by atoms with E-state index in [1.165, 1.54) is 6.07 Å². The largest absolute Gasteiger partial charge is 0.506 e. The molecule has 0 radical (unpaired) electrons. The minimum absolute atomic E-state index is 0.0697. The van der Waals surface area contributed by atoms with E-state index in [4.69, 9.17) is 0 Å². The van der Waals surface area contributed by atoms with Crippen molar-refractivity contribution < 1.29 is 13.9 Å². The molecule has 0 amide bonds. The molecule has 1 saturated heterocycles. The predicted molar refractivity (Wildman–Crippen MR) is 58.1 cm³/mol. The highest BCUT2D eigenvalue weighted by atomic mass is 19.3. The molecule has 1 heterocycles. The SMILES string of the molecule is Oc1cc(C(F)F)ccc1N1CCNCC1. The average molecular weight is 228 g/mol. The lowest BCUT2D eigenvalue weighted by atomic mass is 10.1. The number of anilines is 1. The third-order valence-corrected chi connectivity index (χ3v) is 2.71. The summed E-state index contributed by atoms with van der Waals surface area (Å²) in [5, 5.41) is 12.9. The molecule has 0 saturated carbocycles. The van der Waals surface area contributed by atoms with Gasteiger partial charge in [0.15, 0.2) is 0 Å². The highest BCUT2D eigenvalue weighted by Crippen LogP contribution is 2.31. The number of nitrogens with zero attached hydrogens (tertiary/aromatic N) is 1. The van der Waals surface area contributed by atoms with E-state index in [1.807, 2.05) is 4.90 Å². The Balaban J connectivity index is 2.21. The zero-order valence-electron chi connectivity index (χ0n) is 8.79. The highest BCUT2D eigenvalue weighted by Gasteiger charge is 2.16. The second-order valence-electron chi connectivity index (χ2n) is 3.79. The van der Waals surface area contributed by atoms with Crippen LogP contribution in [-0.2, 0) is 0 Å². The zero-order valence-corrected chi connectivity index (χ0v) is 8.79. The van der Waals surface area contributed by atoms with Crippen molar-refractivity contribution >= 4 is 5.69 Å². The Morgan fingerprint density at radius 1 is 1.25 bits per heavy atom. The van der Waals surface area contributed by atoms with Crippen molar-refractivity contribution in [2.24, 2.45) is 0 Å². The average Bonchev–Trinajstić information content (AvgIpc) is 2.30. The van der Waals surface area contributed by atoms with Crippen LogP contribution >= 0.6 is 0 Å². The molecule has 0 bridgehead atoms. The van der Waals surface area contributed by atoms with Crippen LogP contribution in [0.5, 0.6) is 5.75 Å². The van der Waals surface area contributed by atoms with E-state index in [0.717, 1.165) is 32.2 Å². The number of aromatic hydroxyl groups is 1. The first kappa shape index (κ1) is 11.1. The van der Waals surface area contributed by atoms with Gasteiger partial charge in [0.2, 0.25) is 0 Å². The number of piperazine rings is 1. The second-order valence-corrected chi connectivity index (χ2v) is 3.79. The van der Waals surface area contributed by atoms with E-state index in [1.54, 1.807) is 6.07 Å². The number of benzene rings is 1. The quantitative estimate of drug-likeness (QED) is 0.809. The summed E-state index contributed by atoms with van der Waals surface area (Å²) in [4.78, 5) is 1.99. The molecule has 0 aromatic heterocycles. The van der Waals surface area contributed by atoms with Gasteiger partial charge in [0, 0.05) is 31.7 Å². The Kier molecular flexibility index (Phi) is 3.24. The van der Waals surface area contributed by atoms with E-state index in [-0.39, 0.29) is 11.3 Å². The molecular weight excluding hydrogens is 214 g/mol. The van der Waals surface area contributed by atoms with Gasteiger partial charge in [-0.3, -0.25) is 0 Å². The normalized spacial score (nSPS) is 16.8. The van der Waals surface area contributed by atoms with E-state index in [9.17, 15) is 13.9 Å². The van der Waals surface area contributed by atoms with Gasteiger partial charge in [0.1, 0.15) is 5.75 Å². The van der Waals surface area contributed by atoms with Crippen molar-refractivity contribution in [2.45, 2.75) is 6.43 Å². The molecule has 1 aromatic rings. The van der Waals surface area contributed by atoms with Crippen LogP contribution in [0.15, 0.2) is 18.2 Å². The monoisotopic (exact) mass is 228 g/mol. The van der Waals surface area contributed by atoms with Gasteiger partial charge in [0.05, 0.1) is 5.69 Å². The molecule has 0 atom stereocenters. The lowest BCUT2D eigenvalue weighted by Crippen LogP contribution is -2.43. The van der Waals surface area contributed by atoms with Crippen LogP contribution in [0.4, 0.5) is 14.5 Å². The van der Waals surface area contributed by atoms with Crippen LogP contribution < -0.4 is 10.2 Å². The summed E-state index contributed by atoms with van der Waals surface area (Å²) in [7, 11) is 0. The van der Waals surface area contributed by atoms with E-state index in [2.05, 4.69) is 5.32 Å². The van der Waals surface area contributed by atoms with Crippen LogP contribution in [0.1, 0.15) is 12.0 Å². The molecule has 1 aliphatic rings. The van der Waals surface area contributed by atoms with Gasteiger partial charge >= 0.3 is 0 Å². The fraction of sp³-hybridized carbons (Fsp3) is 0.455. The fourth-order valence-corrected chi connectivity index (χ4v) is 1.85. The summed E-state index contributed by atoms with van der Waals surface area (Å²) in [5.41, 5.74) is 0.488. The maximum atomic E-state index is 12.4. The molecule has 5 heteroatoms. The number of hydrogen-bond acceptors (Lipinski definition) is 3. The molecule has 2 rings (SSSR count). The molecule has 0 unspecified atom stereocenters. The number of nitrogens with one attached hydrogen (secondary N) is 1. The van der Waals surface area contributed by atoms with Crippen LogP contribution in [0, 0.1) is 0 Å². The molecule has 88 valence electrons. The standard InChI is InChI=1S/C11H14F2N2O/c12-11(13)8-1-2-9(10(16)7-8)15-5-3-14-4-6-15/h1-2,7,11,14,16H,3-6H2. The van der Waals surface area contributed by atoms with Gasteiger partial charge < -0.3 is 15.3 Å². The smallest absolute Gasteiger partial charge is 0.263 e. The lowest BCUT2D eigenvalue weighted by molar-refractivity contribution is 0.151. The lowest BCUT2D eigenvalue weighted by Gasteiger charge is -2.30. The van der Waals surface area contributed by atoms with Crippen molar-refractivity contribution in [2.75, 3.05) is 31.1 Å². The minimum atomic E-state index is -2.54. The van der Waals surface area contributed by atoms with E-state index >= 15 is 0 Å². The number of phenols is 1. The van der Waals surface area contributed by atoms with E-state index in [0.29, 0.717) is 5.69 Å². The maximum Gasteiger partial charge on any atom is 0.263 e. The minimum Gasteiger partial charge on any atom is -0.506 e. The number of halogens is 2. The van der Waals surface area contributed by atoms with Gasteiger partial charge in [-0.05, 0) is 12.1 Å². The Morgan fingerprint density at radius 3 is 2.50 bits per heavy atom. The molecule has 16 heavy (non-hydrogen) atoms. The number of rotatable bonds is 2. The summed E-state index contributed by atoms with van der Waals surface area (Å²) in [6.45, 7) is 3.25. The first-order valence-electron chi connectivity index (χ1n) is 5.25. The second kappa shape index (κ2) is 4.65. The van der Waals surface area contributed by atoms with Gasteiger partial charge in [-0.2, -0.15) is 0 Å². The first-order chi connectivity index (χ1) is 7.68. The van der Waals surface area contributed by atoms with Crippen molar-refractivity contribution in [3.63, 3.8) is 0 Å². The van der Waals surface area contributed by atoms with Gasteiger partial charge in [-0.15, -0.1) is 0 Å². The molecule has 0 aliphatic carbocycles. The Bertz CT molecular complexity index is 365. The number of hydrogen-bond donors (Lipinski definition) is 2. The number of phenolic OH excluding ortho intramolecular Hbond substituents is 1. The van der Waals surface area contributed by atoms with Crippen LogP contribution in [-0.4, -0.2) is 31.3 Å². The molecule has 2 N–H and O–H groups in total. The maximum absolute atomic E-state index is 12.4. The van der Waals surface area contributed by atoms with Crippen LogP contribution in [0.2, 0.25) is 0 Å². The van der Waals surface area contributed by atoms with Crippen LogP contribution in [0.25, 0.3) is 0 Å². The van der Waals surface area contributed by atoms with Crippen LogP contribution in [0.3, 0.4) is 0 Å². The summed E-state index contributed by atoms with van der Waals surface area (Å²) in [6, 6.07) is 4.06. The summed E-state index contributed by atoms with van der Waals surface area (Å²) in [6.07, 6.45) is -2.54. The summed E-state index contributed by atoms with van der Waals surface area (Å²) < 4.78 is 24.8. The van der Waals surface area contributed by atoms with Gasteiger partial charge in [-0.25, -0.2) is 8.78 Å². The van der Waals surface area contributed by atoms with Gasteiger partial charge in [0.25, 0.3) is 6.43 Å². The summed E-state index contributed by atoms with van der Waals surface area (Å²) >= 11 is 0. The van der Waals surface area contributed by atoms with Crippen molar-refractivity contribution in [1.29, 1.82) is 0 Å². The third kappa shape index (κ3) is 2.24. The molecular formula is C11H14F2N2O. The number of alkyl halides is 2. The van der Waals surface area contributed by atoms with Gasteiger partial charge in [-0.1, -0.05) is 6.07 Å². The molecule has 0 spiro atoms. The van der Waals surface area contributed by atoms with E-state index < -0.39 is 6.43 Å². The van der Waals surface area contributed by atoms with Crippen molar-refractivity contribution in [1.82, 2.24) is 5.32 Å². The zero-order chi connectivity index (χ0) is 11.5. The fourth-order valence-electron chi connectivity index (χ4n) is 1.85. The molecule has 1 aliphatic heterocycles. The Labute approximate surface area is 92.7 Å². The first-order valence-corrected chi connectivity index (χ1v) is 5.25. The molecule has 1 fully saturated rings. The topological polar surface area (TPSA) is 35.5 Å². The molecule has 3 nitrogen and oxygen atoms in total. The van der Waals surface area contributed by atoms with Crippen molar-refractivity contribution in [3.8, 4) is 5.75 Å². The Morgan fingerprint density at radius 2 is 1.94 bits per heavy atom. The predicted octanol–water partition coefficient (Wildman–Crippen LogP) is 1.74.